The molecule has 1 atom stereocenters. The van der Waals surface area contributed by atoms with Gasteiger partial charge in [0.05, 0.1) is 12.8 Å². The summed E-state index contributed by atoms with van der Waals surface area (Å²) < 4.78 is 24.6. The summed E-state index contributed by atoms with van der Waals surface area (Å²) in [4.78, 5) is 16.7. The third-order valence-corrected chi connectivity index (χ3v) is 6.52. The number of carbonyl (C=O) groups excluding carboxylic acids is 1. The van der Waals surface area contributed by atoms with Gasteiger partial charge >= 0.3 is 0 Å². The maximum atomic E-state index is 12.6. The number of hydrogen-bond acceptors (Lipinski definition) is 4. The monoisotopic (exact) mass is 365 g/mol. The van der Waals surface area contributed by atoms with E-state index in [1.807, 2.05) is 6.07 Å². The van der Waals surface area contributed by atoms with Crippen LogP contribution < -0.4 is 0 Å². The molecule has 0 saturated carbocycles. The number of benzene rings is 1. The molecule has 2 heterocycles. The molecule has 0 spiro atoms. The maximum Gasteiger partial charge on any atom is 0.236 e. The molecule has 138 valence electrons. The molecule has 0 aliphatic carbocycles. The molecule has 0 radical (unpaired) electrons. The summed E-state index contributed by atoms with van der Waals surface area (Å²) in [6.45, 7) is 3.19. The van der Waals surface area contributed by atoms with E-state index in [0.29, 0.717) is 38.8 Å². The first-order valence-electron chi connectivity index (χ1n) is 8.94. The second-order valence-corrected chi connectivity index (χ2v) is 8.98. The molecule has 3 rings (SSSR count). The summed E-state index contributed by atoms with van der Waals surface area (Å²) in [6, 6.07) is 10.8. The Morgan fingerprint density at radius 1 is 1.08 bits per heavy atom. The smallest absolute Gasteiger partial charge is 0.236 e. The largest absolute Gasteiger partial charge is 0.339 e. The quantitative estimate of drug-likeness (QED) is 0.774. The predicted octanol–water partition coefficient (Wildman–Crippen LogP) is 0.797. The van der Waals surface area contributed by atoms with Crippen LogP contribution in [0, 0.1) is 0 Å². The Morgan fingerprint density at radius 2 is 1.76 bits per heavy atom. The van der Waals surface area contributed by atoms with Crippen LogP contribution in [0.15, 0.2) is 30.3 Å². The summed E-state index contributed by atoms with van der Waals surface area (Å²) in [5.41, 5.74) is 1.31. The van der Waals surface area contributed by atoms with Crippen molar-refractivity contribution in [2.75, 3.05) is 45.5 Å². The van der Waals surface area contributed by atoms with Crippen molar-refractivity contribution in [3.05, 3.63) is 35.9 Å². The molecule has 2 fully saturated rings. The van der Waals surface area contributed by atoms with E-state index >= 15 is 0 Å². The van der Waals surface area contributed by atoms with E-state index in [1.165, 1.54) is 16.1 Å². The van der Waals surface area contributed by atoms with Gasteiger partial charge in [0, 0.05) is 32.2 Å². The molecular weight excluding hydrogens is 338 g/mol. The third kappa shape index (κ3) is 4.80. The van der Waals surface area contributed by atoms with Gasteiger partial charge in [-0.1, -0.05) is 30.3 Å². The topological polar surface area (TPSA) is 60.9 Å². The van der Waals surface area contributed by atoms with Crippen LogP contribution in [0.5, 0.6) is 0 Å². The van der Waals surface area contributed by atoms with Gasteiger partial charge in [-0.25, -0.2) is 8.42 Å². The fourth-order valence-corrected chi connectivity index (χ4v) is 4.59. The van der Waals surface area contributed by atoms with Gasteiger partial charge in [-0.2, -0.15) is 4.31 Å². The first-order valence-corrected chi connectivity index (χ1v) is 10.8. The molecule has 2 saturated heterocycles. The zero-order valence-electron chi connectivity index (χ0n) is 14.8. The third-order valence-electron chi connectivity index (χ3n) is 5.21. The standard InChI is InChI=1S/C18H27N3O3S/c1-25(23,24)21-12-10-19(11-13-21)18(22)15-20-9-5-8-17(20)14-16-6-3-2-4-7-16/h2-4,6-7,17H,5,8-15H2,1H3. The molecule has 25 heavy (non-hydrogen) atoms. The lowest BCUT2D eigenvalue weighted by Gasteiger charge is -2.35. The number of sulfonamides is 1. The summed E-state index contributed by atoms with van der Waals surface area (Å²) in [7, 11) is -3.16. The van der Waals surface area contributed by atoms with E-state index < -0.39 is 10.0 Å². The van der Waals surface area contributed by atoms with E-state index in [2.05, 4.69) is 29.2 Å². The molecule has 1 aromatic carbocycles. The van der Waals surface area contributed by atoms with Gasteiger partial charge in [0.2, 0.25) is 15.9 Å². The Morgan fingerprint density at radius 3 is 2.40 bits per heavy atom. The van der Waals surface area contributed by atoms with Crippen molar-refractivity contribution in [2.45, 2.75) is 25.3 Å². The van der Waals surface area contributed by atoms with E-state index in [0.717, 1.165) is 25.8 Å². The van der Waals surface area contributed by atoms with E-state index in [4.69, 9.17) is 0 Å². The minimum Gasteiger partial charge on any atom is -0.339 e. The van der Waals surface area contributed by atoms with Crippen LogP contribution in [0.1, 0.15) is 18.4 Å². The Hall–Kier alpha value is -1.44. The van der Waals surface area contributed by atoms with Gasteiger partial charge in [-0.15, -0.1) is 0 Å². The van der Waals surface area contributed by atoms with Gasteiger partial charge in [0.15, 0.2) is 0 Å². The van der Waals surface area contributed by atoms with E-state index in [-0.39, 0.29) is 5.91 Å². The first-order chi connectivity index (χ1) is 11.9. The van der Waals surface area contributed by atoms with E-state index in [1.54, 1.807) is 4.90 Å². The highest BCUT2D eigenvalue weighted by Crippen LogP contribution is 2.21. The Balaban J connectivity index is 1.52. The second-order valence-electron chi connectivity index (χ2n) is 7.00. The average molecular weight is 365 g/mol. The molecule has 0 N–H and O–H groups in total. The molecule has 0 bridgehead atoms. The number of amides is 1. The van der Waals surface area contributed by atoms with Crippen LogP contribution in [-0.4, -0.2) is 80.0 Å². The average Bonchev–Trinajstić information content (AvgIpc) is 3.02. The zero-order valence-corrected chi connectivity index (χ0v) is 15.6. The van der Waals surface area contributed by atoms with Crippen molar-refractivity contribution in [3.8, 4) is 0 Å². The number of piperazine rings is 1. The molecule has 1 aromatic rings. The molecular formula is C18H27N3O3S. The lowest BCUT2D eigenvalue weighted by molar-refractivity contribution is -0.133. The highest BCUT2D eigenvalue weighted by atomic mass is 32.2. The SMILES string of the molecule is CS(=O)(=O)N1CCN(C(=O)CN2CCCC2Cc2ccccc2)CC1. The predicted molar refractivity (Wildman–Crippen MR) is 97.7 cm³/mol. The Kier molecular flexibility index (Phi) is 5.76. The minimum absolute atomic E-state index is 0.119. The van der Waals surface area contributed by atoms with Gasteiger partial charge in [0.1, 0.15) is 0 Å². The molecule has 0 aromatic heterocycles. The maximum absolute atomic E-state index is 12.6. The van der Waals surface area contributed by atoms with Crippen LogP contribution in [0.4, 0.5) is 0 Å². The van der Waals surface area contributed by atoms with Gasteiger partial charge in [-0.3, -0.25) is 9.69 Å². The number of likely N-dealkylation sites (tertiary alicyclic amines) is 1. The lowest BCUT2D eigenvalue weighted by atomic mass is 10.0. The lowest BCUT2D eigenvalue weighted by Crippen LogP contribution is -2.52. The number of carbonyl (C=O) groups is 1. The van der Waals surface area contributed by atoms with Gasteiger partial charge in [-0.05, 0) is 31.4 Å². The van der Waals surface area contributed by atoms with Crippen molar-refractivity contribution < 1.29 is 13.2 Å². The van der Waals surface area contributed by atoms with Crippen molar-refractivity contribution >= 4 is 15.9 Å². The fraction of sp³-hybridized carbons (Fsp3) is 0.611. The minimum atomic E-state index is -3.16. The van der Waals surface area contributed by atoms with Crippen molar-refractivity contribution in [2.24, 2.45) is 0 Å². The van der Waals surface area contributed by atoms with Gasteiger partial charge < -0.3 is 4.90 Å². The Labute approximate surface area is 150 Å². The summed E-state index contributed by atoms with van der Waals surface area (Å²) in [5, 5.41) is 0. The van der Waals surface area contributed by atoms with Crippen LogP contribution >= 0.6 is 0 Å². The number of hydrogen-bond donors (Lipinski definition) is 0. The number of nitrogens with zero attached hydrogens (tertiary/aromatic N) is 3. The normalized spacial score (nSPS) is 23.1. The molecule has 1 unspecified atom stereocenters. The van der Waals surface area contributed by atoms with Crippen LogP contribution in [0.2, 0.25) is 0 Å². The van der Waals surface area contributed by atoms with Crippen LogP contribution in [0.3, 0.4) is 0 Å². The summed E-state index contributed by atoms with van der Waals surface area (Å²) >= 11 is 0. The van der Waals surface area contributed by atoms with Crippen molar-refractivity contribution in [3.63, 3.8) is 0 Å². The van der Waals surface area contributed by atoms with Crippen LogP contribution in [-0.2, 0) is 21.2 Å². The molecule has 6 nitrogen and oxygen atoms in total. The van der Waals surface area contributed by atoms with E-state index in [9.17, 15) is 13.2 Å². The summed E-state index contributed by atoms with van der Waals surface area (Å²) in [5.74, 6) is 0.119. The Bertz CT molecular complexity index is 685. The molecule has 1 amide bonds. The highest BCUT2D eigenvalue weighted by Gasteiger charge is 2.30. The highest BCUT2D eigenvalue weighted by molar-refractivity contribution is 7.88. The number of rotatable bonds is 5. The van der Waals surface area contributed by atoms with Gasteiger partial charge in [0.25, 0.3) is 0 Å². The first kappa shape index (κ1) is 18.4. The molecule has 7 heteroatoms. The molecule has 2 aliphatic heterocycles. The second kappa shape index (κ2) is 7.85. The van der Waals surface area contributed by atoms with Crippen molar-refractivity contribution in [1.82, 2.24) is 14.1 Å². The summed E-state index contributed by atoms with van der Waals surface area (Å²) in [6.07, 6.45) is 4.47. The fourth-order valence-electron chi connectivity index (χ4n) is 3.76. The van der Waals surface area contributed by atoms with Crippen LogP contribution in [0.25, 0.3) is 0 Å². The molecule has 2 aliphatic rings. The van der Waals surface area contributed by atoms with Crippen molar-refractivity contribution in [1.29, 1.82) is 0 Å². The zero-order chi connectivity index (χ0) is 17.9.